The second-order valence-electron chi connectivity index (χ2n) is 4.22. The van der Waals surface area contributed by atoms with Gasteiger partial charge in [0, 0.05) is 17.3 Å². The number of carbonyl (C=O) groups is 2. The van der Waals surface area contributed by atoms with E-state index < -0.39 is 5.97 Å². The van der Waals surface area contributed by atoms with Crippen molar-refractivity contribution in [3.05, 3.63) is 22.3 Å². The molecule has 5 nitrogen and oxygen atoms in total. The first-order chi connectivity index (χ1) is 8.38. The van der Waals surface area contributed by atoms with Crippen LogP contribution in [0.3, 0.4) is 0 Å². The number of carbonyl (C=O) groups excluding carboxylic acids is 1. The Bertz CT molecular complexity index is 463. The molecule has 0 saturated carbocycles. The Morgan fingerprint density at radius 3 is 2.67 bits per heavy atom. The van der Waals surface area contributed by atoms with Crippen LogP contribution < -0.4 is 5.32 Å². The van der Waals surface area contributed by atoms with Gasteiger partial charge in [0.1, 0.15) is 5.82 Å². The average molecular weight is 315 g/mol. The molecule has 98 valence electrons. The summed E-state index contributed by atoms with van der Waals surface area (Å²) in [4.78, 5) is 26.3. The van der Waals surface area contributed by atoms with Gasteiger partial charge in [0.15, 0.2) is 0 Å². The summed E-state index contributed by atoms with van der Waals surface area (Å²) >= 11 is 3.32. The molecule has 1 amide bonds. The van der Waals surface area contributed by atoms with E-state index in [1.54, 1.807) is 19.1 Å². The van der Waals surface area contributed by atoms with Crippen LogP contribution in [0.5, 0.6) is 0 Å². The van der Waals surface area contributed by atoms with Crippen molar-refractivity contribution in [1.82, 2.24) is 4.98 Å². The molecule has 1 heterocycles. The Balaban J connectivity index is 2.54. The number of rotatable bonds is 5. The van der Waals surface area contributed by atoms with Gasteiger partial charge in [-0.25, -0.2) is 4.98 Å². The van der Waals surface area contributed by atoms with Crippen LogP contribution >= 0.6 is 15.9 Å². The Morgan fingerprint density at radius 2 is 2.11 bits per heavy atom. The minimum absolute atomic E-state index is 0.0137. The van der Waals surface area contributed by atoms with E-state index in [1.807, 2.05) is 6.92 Å². The second kappa shape index (κ2) is 6.49. The van der Waals surface area contributed by atoms with E-state index in [0.717, 1.165) is 10.2 Å². The number of hydrogen-bond donors (Lipinski definition) is 2. The lowest BCUT2D eigenvalue weighted by molar-refractivity contribution is -0.138. The molecule has 0 fully saturated rings. The number of carboxylic acids is 1. The first-order valence-corrected chi connectivity index (χ1v) is 6.32. The summed E-state index contributed by atoms with van der Waals surface area (Å²) in [5.74, 6) is -0.840. The first-order valence-electron chi connectivity index (χ1n) is 5.53. The largest absolute Gasteiger partial charge is 0.481 e. The van der Waals surface area contributed by atoms with Crippen molar-refractivity contribution in [2.75, 3.05) is 5.32 Å². The van der Waals surface area contributed by atoms with E-state index in [-0.39, 0.29) is 24.7 Å². The van der Waals surface area contributed by atoms with Crippen LogP contribution in [-0.2, 0) is 9.59 Å². The highest BCUT2D eigenvalue weighted by atomic mass is 79.9. The molecule has 1 rings (SSSR count). The molecule has 0 aliphatic rings. The maximum absolute atomic E-state index is 11.6. The maximum atomic E-state index is 11.6. The third-order valence-electron chi connectivity index (χ3n) is 2.35. The van der Waals surface area contributed by atoms with Gasteiger partial charge in [0.05, 0.1) is 5.69 Å². The smallest absolute Gasteiger partial charge is 0.303 e. The maximum Gasteiger partial charge on any atom is 0.303 e. The lowest BCUT2D eigenvalue weighted by atomic mass is 10.0. The minimum atomic E-state index is -0.895. The molecule has 1 atom stereocenters. The van der Waals surface area contributed by atoms with Crippen molar-refractivity contribution in [2.24, 2.45) is 5.92 Å². The zero-order valence-corrected chi connectivity index (χ0v) is 11.8. The summed E-state index contributed by atoms with van der Waals surface area (Å²) in [7, 11) is 0. The Kier molecular flexibility index (Phi) is 5.27. The molecule has 1 aromatic rings. The fourth-order valence-corrected chi connectivity index (χ4v) is 1.72. The standard InChI is InChI=1S/C12H15BrN2O3/c1-7(6-12(17)18)5-11(16)15-10-4-3-9(13)8(2)14-10/h3-4,7H,5-6H2,1-2H3,(H,17,18)(H,14,15,16). The minimum Gasteiger partial charge on any atom is -0.481 e. The molecule has 6 heteroatoms. The second-order valence-corrected chi connectivity index (χ2v) is 5.07. The number of aryl methyl sites for hydroxylation is 1. The van der Waals surface area contributed by atoms with Gasteiger partial charge in [-0.3, -0.25) is 9.59 Å². The number of pyridine rings is 1. The zero-order valence-electron chi connectivity index (χ0n) is 10.2. The molecule has 2 N–H and O–H groups in total. The van der Waals surface area contributed by atoms with Gasteiger partial charge < -0.3 is 10.4 Å². The Morgan fingerprint density at radius 1 is 1.44 bits per heavy atom. The summed E-state index contributed by atoms with van der Waals surface area (Å²) in [6.07, 6.45) is 0.156. The van der Waals surface area contributed by atoms with Crippen LogP contribution in [-0.4, -0.2) is 22.0 Å². The highest BCUT2D eigenvalue weighted by Gasteiger charge is 2.13. The van der Waals surface area contributed by atoms with Gasteiger partial charge in [-0.2, -0.15) is 0 Å². The average Bonchev–Trinajstić information content (AvgIpc) is 2.21. The SMILES string of the molecule is Cc1nc(NC(=O)CC(C)CC(=O)O)ccc1Br. The van der Waals surface area contributed by atoms with Crippen molar-refractivity contribution >= 4 is 33.6 Å². The van der Waals surface area contributed by atoms with Crippen LogP contribution in [0, 0.1) is 12.8 Å². The molecule has 0 aliphatic carbocycles. The number of amides is 1. The van der Waals surface area contributed by atoms with Crippen molar-refractivity contribution in [2.45, 2.75) is 26.7 Å². The molecule has 0 bridgehead atoms. The van der Waals surface area contributed by atoms with E-state index >= 15 is 0 Å². The molecule has 18 heavy (non-hydrogen) atoms. The predicted octanol–water partition coefficient (Wildman–Crippen LogP) is 2.59. The van der Waals surface area contributed by atoms with Crippen LogP contribution in [0.4, 0.5) is 5.82 Å². The molecular formula is C12H15BrN2O3. The van der Waals surface area contributed by atoms with Gasteiger partial charge in [0.25, 0.3) is 0 Å². The number of nitrogens with one attached hydrogen (secondary N) is 1. The summed E-state index contributed by atoms with van der Waals surface area (Å²) in [5.41, 5.74) is 0.784. The van der Waals surface area contributed by atoms with E-state index in [1.165, 1.54) is 0 Å². The number of aliphatic carboxylic acids is 1. The molecule has 0 aliphatic heterocycles. The third-order valence-corrected chi connectivity index (χ3v) is 3.18. The number of anilines is 1. The van der Waals surface area contributed by atoms with E-state index in [9.17, 15) is 9.59 Å². The van der Waals surface area contributed by atoms with Crippen LogP contribution in [0.25, 0.3) is 0 Å². The molecule has 0 spiro atoms. The number of halogens is 1. The highest BCUT2D eigenvalue weighted by molar-refractivity contribution is 9.10. The lowest BCUT2D eigenvalue weighted by Crippen LogP contribution is -2.17. The van der Waals surface area contributed by atoms with Crippen LogP contribution in [0.15, 0.2) is 16.6 Å². The van der Waals surface area contributed by atoms with Gasteiger partial charge >= 0.3 is 5.97 Å². The van der Waals surface area contributed by atoms with Crippen molar-refractivity contribution in [1.29, 1.82) is 0 Å². The van der Waals surface area contributed by atoms with Crippen molar-refractivity contribution in [3.8, 4) is 0 Å². The predicted molar refractivity (Wildman–Crippen MR) is 71.3 cm³/mol. The quantitative estimate of drug-likeness (QED) is 0.875. The van der Waals surface area contributed by atoms with E-state index in [2.05, 4.69) is 26.2 Å². The summed E-state index contributed by atoms with van der Waals surface area (Å²) in [5, 5.41) is 11.3. The van der Waals surface area contributed by atoms with Gasteiger partial charge in [-0.15, -0.1) is 0 Å². The highest BCUT2D eigenvalue weighted by Crippen LogP contribution is 2.17. The van der Waals surface area contributed by atoms with Crippen LogP contribution in [0.1, 0.15) is 25.5 Å². The first kappa shape index (κ1) is 14.6. The fourth-order valence-electron chi connectivity index (χ4n) is 1.49. The molecule has 0 radical (unpaired) electrons. The molecule has 1 unspecified atom stereocenters. The zero-order chi connectivity index (χ0) is 13.7. The summed E-state index contributed by atoms with van der Waals surface area (Å²) < 4.78 is 0.875. The number of aromatic nitrogens is 1. The third kappa shape index (κ3) is 4.83. The Hall–Kier alpha value is -1.43. The Labute approximate surface area is 114 Å². The summed E-state index contributed by atoms with van der Waals surface area (Å²) in [6.45, 7) is 3.56. The van der Waals surface area contributed by atoms with Crippen LogP contribution in [0.2, 0.25) is 0 Å². The number of hydrogen-bond acceptors (Lipinski definition) is 3. The van der Waals surface area contributed by atoms with Gasteiger partial charge in [-0.1, -0.05) is 6.92 Å². The fraction of sp³-hybridized carbons (Fsp3) is 0.417. The molecular weight excluding hydrogens is 300 g/mol. The van der Waals surface area contributed by atoms with Gasteiger partial charge in [-0.05, 0) is 40.9 Å². The normalized spacial score (nSPS) is 11.9. The number of carboxylic acid groups (broad SMARTS) is 1. The molecule has 1 aromatic heterocycles. The van der Waals surface area contributed by atoms with E-state index in [4.69, 9.17) is 5.11 Å². The van der Waals surface area contributed by atoms with E-state index in [0.29, 0.717) is 5.82 Å². The lowest BCUT2D eigenvalue weighted by Gasteiger charge is -2.09. The molecule has 0 saturated heterocycles. The monoisotopic (exact) mass is 314 g/mol. The topological polar surface area (TPSA) is 79.3 Å². The van der Waals surface area contributed by atoms with Crippen molar-refractivity contribution < 1.29 is 14.7 Å². The van der Waals surface area contributed by atoms with Gasteiger partial charge in [0.2, 0.25) is 5.91 Å². The van der Waals surface area contributed by atoms with Crippen molar-refractivity contribution in [3.63, 3.8) is 0 Å². The molecule has 0 aromatic carbocycles. The number of nitrogens with zero attached hydrogens (tertiary/aromatic N) is 1. The summed E-state index contributed by atoms with van der Waals surface area (Å²) in [6, 6.07) is 3.50.